The van der Waals surface area contributed by atoms with Gasteiger partial charge in [-0.25, -0.2) is 8.42 Å². The molecule has 0 aromatic heterocycles. The van der Waals surface area contributed by atoms with Crippen LogP contribution < -0.4 is 10.0 Å². The van der Waals surface area contributed by atoms with Crippen LogP contribution in [0.3, 0.4) is 0 Å². The van der Waals surface area contributed by atoms with E-state index in [9.17, 15) is 8.42 Å². The van der Waals surface area contributed by atoms with Crippen molar-refractivity contribution in [3.8, 4) is 0 Å². The van der Waals surface area contributed by atoms with E-state index in [4.69, 9.17) is 0 Å². The van der Waals surface area contributed by atoms with Crippen LogP contribution in [0.4, 0.5) is 0 Å². The maximum Gasteiger partial charge on any atom is 0.241 e. The van der Waals surface area contributed by atoms with Crippen molar-refractivity contribution in [2.45, 2.75) is 23.8 Å². The Kier molecular flexibility index (Phi) is 6.98. The zero-order valence-electron chi connectivity index (χ0n) is 16.0. The van der Waals surface area contributed by atoms with Crippen LogP contribution in [0, 0.1) is 0 Å². The SMILES string of the molecule is C[C@H](C[NH2+]C[C@H](NS(=O)(=O)c1ccccc1)c1ccccc1)c1ccccc1. The fourth-order valence-electron chi connectivity index (χ4n) is 3.22. The molecule has 0 aliphatic carbocycles. The van der Waals surface area contributed by atoms with Crippen molar-refractivity contribution in [3.63, 3.8) is 0 Å². The molecular weight excluding hydrogens is 368 g/mol. The van der Waals surface area contributed by atoms with Crippen LogP contribution in [0.2, 0.25) is 0 Å². The lowest BCUT2D eigenvalue weighted by atomic mass is 10.0. The van der Waals surface area contributed by atoms with E-state index in [2.05, 4.69) is 29.1 Å². The lowest BCUT2D eigenvalue weighted by Gasteiger charge is -2.19. The standard InChI is InChI=1S/C23H26N2O2S/c1-19(20-11-5-2-6-12-20)17-24-18-23(21-13-7-3-8-14-21)25-28(26,27)22-15-9-4-10-16-22/h2-16,19,23-25H,17-18H2,1H3/p+1/t19-,23+/m1/s1. The highest BCUT2D eigenvalue weighted by Crippen LogP contribution is 2.16. The van der Waals surface area contributed by atoms with Crippen molar-refractivity contribution >= 4 is 10.0 Å². The van der Waals surface area contributed by atoms with E-state index < -0.39 is 10.0 Å². The molecular formula is C23H27N2O2S+. The molecule has 3 aromatic carbocycles. The van der Waals surface area contributed by atoms with Gasteiger partial charge < -0.3 is 5.32 Å². The van der Waals surface area contributed by atoms with Gasteiger partial charge in [0.1, 0.15) is 0 Å². The lowest BCUT2D eigenvalue weighted by Crippen LogP contribution is -2.86. The van der Waals surface area contributed by atoms with Crippen molar-refractivity contribution in [3.05, 3.63) is 102 Å². The molecule has 0 amide bonds. The van der Waals surface area contributed by atoms with E-state index in [1.165, 1.54) is 5.56 Å². The second kappa shape index (κ2) is 9.64. The Morgan fingerprint density at radius 2 is 1.25 bits per heavy atom. The topological polar surface area (TPSA) is 62.8 Å². The first-order chi connectivity index (χ1) is 13.6. The van der Waals surface area contributed by atoms with E-state index in [1.807, 2.05) is 54.6 Å². The molecule has 28 heavy (non-hydrogen) atoms. The van der Waals surface area contributed by atoms with Gasteiger partial charge in [0.15, 0.2) is 0 Å². The molecule has 0 bridgehead atoms. The highest BCUT2D eigenvalue weighted by atomic mass is 32.2. The minimum absolute atomic E-state index is 0.286. The third-order valence-corrected chi connectivity index (χ3v) is 6.33. The molecule has 3 aromatic rings. The highest BCUT2D eigenvalue weighted by Gasteiger charge is 2.23. The summed E-state index contributed by atoms with van der Waals surface area (Å²) in [6.07, 6.45) is 0. The first-order valence-electron chi connectivity index (χ1n) is 9.55. The highest BCUT2D eigenvalue weighted by molar-refractivity contribution is 7.89. The Morgan fingerprint density at radius 1 is 0.750 bits per heavy atom. The van der Waals surface area contributed by atoms with Gasteiger partial charge in [-0.1, -0.05) is 85.8 Å². The molecule has 0 saturated carbocycles. The molecule has 5 heteroatoms. The van der Waals surface area contributed by atoms with Crippen molar-refractivity contribution in [1.82, 2.24) is 4.72 Å². The summed E-state index contributed by atoms with van der Waals surface area (Å²) in [5.74, 6) is 0.392. The van der Waals surface area contributed by atoms with Gasteiger partial charge in [0.05, 0.1) is 24.0 Å². The molecule has 0 unspecified atom stereocenters. The quantitative estimate of drug-likeness (QED) is 0.585. The second-order valence-corrected chi connectivity index (χ2v) is 8.68. The molecule has 0 fully saturated rings. The molecule has 0 aliphatic heterocycles. The second-order valence-electron chi connectivity index (χ2n) is 6.97. The van der Waals surface area contributed by atoms with E-state index in [0.29, 0.717) is 12.5 Å². The number of nitrogens with two attached hydrogens (primary N) is 1. The molecule has 0 radical (unpaired) electrons. The summed E-state index contributed by atoms with van der Waals surface area (Å²) < 4.78 is 28.5. The zero-order chi connectivity index (χ0) is 19.8. The molecule has 0 aliphatic rings. The summed E-state index contributed by atoms with van der Waals surface area (Å²) >= 11 is 0. The predicted molar refractivity (Wildman–Crippen MR) is 112 cm³/mol. The fourth-order valence-corrected chi connectivity index (χ4v) is 4.48. The lowest BCUT2D eigenvalue weighted by molar-refractivity contribution is -0.659. The van der Waals surface area contributed by atoms with Crippen LogP contribution in [0.25, 0.3) is 0 Å². The van der Waals surface area contributed by atoms with Gasteiger partial charge in [0, 0.05) is 5.92 Å². The van der Waals surface area contributed by atoms with E-state index in [-0.39, 0.29) is 10.9 Å². The number of rotatable bonds is 9. The summed E-state index contributed by atoms with van der Waals surface area (Å²) in [4.78, 5) is 0.286. The molecule has 0 heterocycles. The zero-order valence-corrected chi connectivity index (χ0v) is 16.8. The van der Waals surface area contributed by atoms with Crippen LogP contribution >= 0.6 is 0 Å². The van der Waals surface area contributed by atoms with E-state index in [0.717, 1.165) is 12.1 Å². The van der Waals surface area contributed by atoms with Gasteiger partial charge in [-0.3, -0.25) is 0 Å². The first-order valence-corrected chi connectivity index (χ1v) is 11.0. The molecule has 0 spiro atoms. The number of nitrogens with one attached hydrogen (secondary N) is 1. The molecule has 2 atom stereocenters. The minimum atomic E-state index is -3.58. The number of hydrogen-bond donors (Lipinski definition) is 2. The largest absolute Gasteiger partial charge is 0.344 e. The van der Waals surface area contributed by atoms with Crippen molar-refractivity contribution in [2.24, 2.45) is 0 Å². The monoisotopic (exact) mass is 395 g/mol. The van der Waals surface area contributed by atoms with Gasteiger partial charge >= 0.3 is 0 Å². The normalized spacial score (nSPS) is 13.8. The van der Waals surface area contributed by atoms with Crippen molar-refractivity contribution in [2.75, 3.05) is 13.1 Å². The molecule has 0 saturated heterocycles. The maximum atomic E-state index is 12.8. The van der Waals surface area contributed by atoms with E-state index >= 15 is 0 Å². The molecule has 4 nitrogen and oxygen atoms in total. The van der Waals surface area contributed by atoms with Crippen molar-refractivity contribution in [1.29, 1.82) is 0 Å². The number of quaternary nitrogens is 1. The van der Waals surface area contributed by atoms with Gasteiger partial charge in [-0.15, -0.1) is 0 Å². The molecule has 146 valence electrons. The summed E-state index contributed by atoms with van der Waals surface area (Å²) in [5, 5.41) is 2.18. The molecule has 3 N–H and O–H groups in total. The third-order valence-electron chi connectivity index (χ3n) is 4.84. The Labute approximate surface area is 167 Å². The summed E-state index contributed by atoms with van der Waals surface area (Å²) in [6.45, 7) is 3.71. The fraction of sp³-hybridized carbons (Fsp3) is 0.217. The van der Waals surface area contributed by atoms with Gasteiger partial charge in [0.25, 0.3) is 0 Å². The Morgan fingerprint density at radius 3 is 1.82 bits per heavy atom. The average molecular weight is 396 g/mol. The number of benzene rings is 3. The smallest absolute Gasteiger partial charge is 0.241 e. The summed E-state index contributed by atoms with van der Waals surface area (Å²) in [5.41, 5.74) is 2.26. The summed E-state index contributed by atoms with van der Waals surface area (Å²) in [7, 11) is -3.58. The number of sulfonamides is 1. The Balaban J connectivity index is 1.70. The van der Waals surface area contributed by atoms with Crippen molar-refractivity contribution < 1.29 is 13.7 Å². The first kappa shape index (κ1) is 20.3. The van der Waals surface area contributed by atoms with Gasteiger partial charge in [0.2, 0.25) is 10.0 Å². The van der Waals surface area contributed by atoms with Crippen LogP contribution in [0.1, 0.15) is 30.0 Å². The van der Waals surface area contributed by atoms with Crippen LogP contribution in [-0.2, 0) is 10.0 Å². The van der Waals surface area contributed by atoms with Gasteiger partial charge in [-0.05, 0) is 23.3 Å². The Hall–Kier alpha value is -2.47. The molecule has 3 rings (SSSR count). The Bertz CT molecular complexity index is 946. The maximum absolute atomic E-state index is 12.8. The van der Waals surface area contributed by atoms with Gasteiger partial charge in [-0.2, -0.15) is 4.72 Å². The minimum Gasteiger partial charge on any atom is -0.344 e. The van der Waals surface area contributed by atoms with E-state index in [1.54, 1.807) is 24.3 Å². The predicted octanol–water partition coefficient (Wildman–Crippen LogP) is 3.07. The number of hydrogen-bond acceptors (Lipinski definition) is 2. The van der Waals surface area contributed by atoms with Crippen LogP contribution in [-0.4, -0.2) is 21.5 Å². The average Bonchev–Trinajstić information content (AvgIpc) is 2.75. The third kappa shape index (κ3) is 5.52. The van der Waals surface area contributed by atoms with Crippen LogP contribution in [0.5, 0.6) is 0 Å². The van der Waals surface area contributed by atoms with Crippen LogP contribution in [0.15, 0.2) is 95.9 Å². The summed E-state index contributed by atoms with van der Waals surface area (Å²) in [6, 6.07) is 28.3.